The molecule has 0 heterocycles. The minimum atomic E-state index is -3.51. The van der Waals surface area contributed by atoms with Crippen LogP contribution in [0.1, 0.15) is 31.7 Å². The van der Waals surface area contributed by atoms with E-state index in [2.05, 4.69) is 11.6 Å². The van der Waals surface area contributed by atoms with E-state index in [1.54, 1.807) is 24.3 Å². The summed E-state index contributed by atoms with van der Waals surface area (Å²) >= 11 is 0. The fourth-order valence-corrected chi connectivity index (χ4v) is 3.48. The maximum absolute atomic E-state index is 12.4. The molecule has 0 spiro atoms. The highest BCUT2D eigenvalue weighted by atomic mass is 32.2. The SMILES string of the molecule is CCOc1ccc(S(=O)(=O)NC[C@@H](CC)c2ccccc2)cc1. The third-order valence-corrected chi connectivity index (χ3v) is 5.17. The summed E-state index contributed by atoms with van der Waals surface area (Å²) in [5.41, 5.74) is 1.14. The number of nitrogens with one attached hydrogen (secondary N) is 1. The van der Waals surface area contributed by atoms with Crippen molar-refractivity contribution in [1.29, 1.82) is 0 Å². The average Bonchev–Trinajstić information content (AvgIpc) is 2.57. The van der Waals surface area contributed by atoms with Gasteiger partial charge in [-0.1, -0.05) is 37.3 Å². The molecule has 0 radical (unpaired) electrons. The van der Waals surface area contributed by atoms with Gasteiger partial charge < -0.3 is 4.74 Å². The molecule has 0 saturated carbocycles. The van der Waals surface area contributed by atoms with Crippen molar-refractivity contribution in [2.75, 3.05) is 13.2 Å². The summed E-state index contributed by atoms with van der Waals surface area (Å²) in [5, 5.41) is 0. The van der Waals surface area contributed by atoms with E-state index < -0.39 is 10.0 Å². The first-order valence-corrected chi connectivity index (χ1v) is 9.32. The van der Waals surface area contributed by atoms with Crippen molar-refractivity contribution < 1.29 is 13.2 Å². The van der Waals surface area contributed by atoms with Crippen LogP contribution in [0.5, 0.6) is 5.75 Å². The van der Waals surface area contributed by atoms with Crippen LogP contribution in [0.2, 0.25) is 0 Å². The van der Waals surface area contributed by atoms with Crippen LogP contribution >= 0.6 is 0 Å². The zero-order valence-corrected chi connectivity index (χ0v) is 14.3. The second kappa shape index (κ2) is 8.13. The lowest BCUT2D eigenvalue weighted by Crippen LogP contribution is -2.28. The molecule has 124 valence electrons. The smallest absolute Gasteiger partial charge is 0.240 e. The zero-order valence-electron chi connectivity index (χ0n) is 13.5. The molecule has 0 bridgehead atoms. The molecule has 0 unspecified atom stereocenters. The van der Waals surface area contributed by atoms with E-state index in [-0.39, 0.29) is 10.8 Å². The summed E-state index contributed by atoms with van der Waals surface area (Å²) in [5.74, 6) is 0.829. The maximum Gasteiger partial charge on any atom is 0.240 e. The van der Waals surface area contributed by atoms with Gasteiger partial charge in [-0.15, -0.1) is 0 Å². The predicted octanol–water partition coefficient (Wildman–Crippen LogP) is 3.56. The number of rotatable bonds is 8. The molecule has 4 nitrogen and oxygen atoms in total. The lowest BCUT2D eigenvalue weighted by Gasteiger charge is -2.16. The van der Waals surface area contributed by atoms with Crippen LogP contribution in [0.4, 0.5) is 0 Å². The van der Waals surface area contributed by atoms with Crippen LogP contribution in [0.3, 0.4) is 0 Å². The Hall–Kier alpha value is -1.85. The molecule has 0 aliphatic carbocycles. The summed E-state index contributed by atoms with van der Waals surface area (Å²) in [6.07, 6.45) is 0.871. The molecule has 0 amide bonds. The highest BCUT2D eigenvalue weighted by Gasteiger charge is 2.17. The largest absolute Gasteiger partial charge is 0.494 e. The molecule has 5 heteroatoms. The van der Waals surface area contributed by atoms with Crippen molar-refractivity contribution in [2.24, 2.45) is 0 Å². The molecule has 0 aliphatic heterocycles. The first-order chi connectivity index (χ1) is 11.1. The highest BCUT2D eigenvalue weighted by Crippen LogP contribution is 2.20. The molecular weight excluding hydrogens is 310 g/mol. The van der Waals surface area contributed by atoms with Crippen molar-refractivity contribution in [2.45, 2.75) is 31.1 Å². The fourth-order valence-electron chi connectivity index (χ4n) is 2.40. The van der Waals surface area contributed by atoms with Gasteiger partial charge in [-0.25, -0.2) is 13.1 Å². The molecule has 2 aromatic rings. The van der Waals surface area contributed by atoms with E-state index in [0.29, 0.717) is 18.9 Å². The summed E-state index contributed by atoms with van der Waals surface area (Å²) < 4.78 is 32.8. The van der Waals surface area contributed by atoms with Crippen molar-refractivity contribution in [3.63, 3.8) is 0 Å². The van der Waals surface area contributed by atoms with Crippen molar-refractivity contribution in [3.8, 4) is 5.75 Å². The van der Waals surface area contributed by atoms with E-state index >= 15 is 0 Å². The summed E-state index contributed by atoms with van der Waals surface area (Å²) in [6, 6.07) is 16.4. The number of ether oxygens (including phenoxy) is 1. The zero-order chi connectivity index (χ0) is 16.7. The molecule has 0 aliphatic rings. The van der Waals surface area contributed by atoms with E-state index in [1.807, 2.05) is 37.3 Å². The molecular formula is C18H23NO3S. The van der Waals surface area contributed by atoms with E-state index in [9.17, 15) is 8.42 Å². The van der Waals surface area contributed by atoms with Crippen molar-refractivity contribution in [3.05, 3.63) is 60.2 Å². The summed E-state index contributed by atoms with van der Waals surface area (Å²) in [6.45, 7) is 4.89. The van der Waals surface area contributed by atoms with Crippen molar-refractivity contribution in [1.82, 2.24) is 4.72 Å². The van der Waals surface area contributed by atoms with Crippen LogP contribution in [0.15, 0.2) is 59.5 Å². The Morgan fingerprint density at radius 2 is 1.65 bits per heavy atom. The summed E-state index contributed by atoms with van der Waals surface area (Å²) in [7, 11) is -3.51. The van der Waals surface area contributed by atoms with Crippen LogP contribution in [0, 0.1) is 0 Å². The standard InChI is InChI=1S/C18H23NO3S/c1-3-15(16-8-6-5-7-9-16)14-19-23(20,21)18-12-10-17(11-13-18)22-4-2/h5-13,15,19H,3-4,14H2,1-2H3/t15-/m1/s1. The monoisotopic (exact) mass is 333 g/mol. The predicted molar refractivity (Wildman–Crippen MR) is 92.3 cm³/mol. The Labute approximate surface area is 138 Å². The minimum absolute atomic E-state index is 0.161. The topological polar surface area (TPSA) is 55.4 Å². The van der Waals surface area contributed by atoms with Gasteiger partial charge in [0, 0.05) is 6.54 Å². The number of hydrogen-bond acceptors (Lipinski definition) is 3. The fraction of sp³-hybridized carbons (Fsp3) is 0.333. The molecule has 2 aromatic carbocycles. The molecule has 23 heavy (non-hydrogen) atoms. The molecule has 0 fully saturated rings. The Balaban J connectivity index is 2.05. The van der Waals surface area contributed by atoms with E-state index in [1.165, 1.54) is 0 Å². The van der Waals surface area contributed by atoms with Crippen LogP contribution in [-0.4, -0.2) is 21.6 Å². The molecule has 1 N–H and O–H groups in total. The van der Waals surface area contributed by atoms with Crippen LogP contribution in [0.25, 0.3) is 0 Å². The van der Waals surface area contributed by atoms with Gasteiger partial charge in [-0.3, -0.25) is 0 Å². The average molecular weight is 333 g/mol. The number of hydrogen-bond donors (Lipinski definition) is 1. The summed E-state index contributed by atoms with van der Waals surface area (Å²) in [4.78, 5) is 0.254. The second-order valence-corrected chi connectivity index (χ2v) is 7.04. The molecule has 2 rings (SSSR count). The Morgan fingerprint density at radius 1 is 1.00 bits per heavy atom. The molecule has 1 atom stereocenters. The normalized spacial score (nSPS) is 12.8. The van der Waals surface area contributed by atoms with Gasteiger partial charge in [0.2, 0.25) is 10.0 Å². The van der Waals surface area contributed by atoms with Gasteiger partial charge >= 0.3 is 0 Å². The van der Waals surface area contributed by atoms with Gasteiger partial charge in [0.1, 0.15) is 5.75 Å². The lowest BCUT2D eigenvalue weighted by atomic mass is 9.97. The highest BCUT2D eigenvalue weighted by molar-refractivity contribution is 7.89. The van der Waals surface area contributed by atoms with Crippen LogP contribution < -0.4 is 9.46 Å². The Kier molecular flexibility index (Phi) is 6.19. The number of benzene rings is 2. The van der Waals surface area contributed by atoms with E-state index in [4.69, 9.17) is 4.74 Å². The van der Waals surface area contributed by atoms with Gasteiger partial charge in [-0.05, 0) is 49.1 Å². The molecule has 0 aromatic heterocycles. The van der Waals surface area contributed by atoms with Gasteiger partial charge in [0.25, 0.3) is 0 Å². The van der Waals surface area contributed by atoms with Crippen LogP contribution in [-0.2, 0) is 10.0 Å². The van der Waals surface area contributed by atoms with Gasteiger partial charge in [-0.2, -0.15) is 0 Å². The Morgan fingerprint density at radius 3 is 2.22 bits per heavy atom. The maximum atomic E-state index is 12.4. The third kappa shape index (κ3) is 4.81. The third-order valence-electron chi connectivity index (χ3n) is 3.73. The van der Waals surface area contributed by atoms with Gasteiger partial charge in [0.15, 0.2) is 0 Å². The van der Waals surface area contributed by atoms with Gasteiger partial charge in [0.05, 0.1) is 11.5 Å². The minimum Gasteiger partial charge on any atom is -0.494 e. The quantitative estimate of drug-likeness (QED) is 0.803. The number of sulfonamides is 1. The van der Waals surface area contributed by atoms with Crippen molar-refractivity contribution >= 4 is 10.0 Å². The first kappa shape index (κ1) is 17.5. The lowest BCUT2D eigenvalue weighted by molar-refractivity contribution is 0.340. The Bertz CT molecular complexity index is 697. The molecule has 0 saturated heterocycles. The first-order valence-electron chi connectivity index (χ1n) is 7.84. The second-order valence-electron chi connectivity index (χ2n) is 5.27. The van der Waals surface area contributed by atoms with E-state index in [0.717, 1.165) is 12.0 Å².